The van der Waals surface area contributed by atoms with Crippen LogP contribution in [0.3, 0.4) is 0 Å². The van der Waals surface area contributed by atoms with E-state index < -0.39 is 11.5 Å². The quantitative estimate of drug-likeness (QED) is 0.910. The van der Waals surface area contributed by atoms with Gasteiger partial charge in [0.05, 0.1) is 0 Å². The van der Waals surface area contributed by atoms with Gasteiger partial charge < -0.3 is 10.4 Å². The molecule has 6 heteroatoms. The number of nitrogens with one attached hydrogen (secondary N) is 1. The van der Waals surface area contributed by atoms with E-state index in [-0.39, 0.29) is 11.6 Å². The molecule has 1 aromatic carbocycles. The zero-order valence-electron chi connectivity index (χ0n) is 12.7. The number of hydrogen-bond acceptors (Lipinski definition) is 4. The third-order valence-corrected chi connectivity index (χ3v) is 3.97. The number of carbonyl (C=O) groups is 1. The van der Waals surface area contributed by atoms with Gasteiger partial charge in [0.2, 0.25) is 0 Å². The molecule has 1 aliphatic heterocycles. The van der Waals surface area contributed by atoms with E-state index in [1.165, 1.54) is 4.57 Å². The van der Waals surface area contributed by atoms with Gasteiger partial charge in [-0.25, -0.2) is 9.78 Å². The number of rotatable bonds is 3. The van der Waals surface area contributed by atoms with Crippen molar-refractivity contribution in [3.63, 3.8) is 0 Å². The van der Waals surface area contributed by atoms with Crippen molar-refractivity contribution >= 4 is 17.2 Å². The minimum atomic E-state index is -1.25. The van der Waals surface area contributed by atoms with Gasteiger partial charge in [0.1, 0.15) is 11.4 Å². The van der Waals surface area contributed by atoms with E-state index in [2.05, 4.69) is 10.3 Å². The maximum Gasteiger partial charge on any atom is 0.342 e. The minimum Gasteiger partial charge on any atom is -0.477 e. The molecule has 1 unspecified atom stereocenters. The standard InChI is InChI=1S/C17H17N3O3/c1-11-7-8-12(9-18-13-5-3-2-4-6-13)15-19-10-14(17(22)23)16(21)20(11)15/h2-6,9-11,18H,7-8H2,1H3,(H,22,23). The molecule has 0 bridgehead atoms. The van der Waals surface area contributed by atoms with Crippen LogP contribution in [-0.2, 0) is 0 Å². The highest BCUT2D eigenvalue weighted by Crippen LogP contribution is 2.29. The number of hydrogen-bond donors (Lipinski definition) is 2. The lowest BCUT2D eigenvalue weighted by Gasteiger charge is -2.26. The molecule has 0 spiro atoms. The van der Waals surface area contributed by atoms with Crippen molar-refractivity contribution in [3.8, 4) is 0 Å². The van der Waals surface area contributed by atoms with Crippen molar-refractivity contribution < 1.29 is 9.90 Å². The van der Waals surface area contributed by atoms with Crippen LogP contribution in [0.4, 0.5) is 5.69 Å². The van der Waals surface area contributed by atoms with Crippen LogP contribution in [0.25, 0.3) is 5.57 Å². The van der Waals surface area contributed by atoms with Gasteiger partial charge in [-0.2, -0.15) is 0 Å². The fourth-order valence-electron chi connectivity index (χ4n) is 2.71. The molecular weight excluding hydrogens is 294 g/mol. The number of carboxylic acid groups (broad SMARTS) is 1. The summed E-state index contributed by atoms with van der Waals surface area (Å²) in [5.41, 5.74) is 1.04. The summed E-state index contributed by atoms with van der Waals surface area (Å²) in [5, 5.41) is 12.3. The van der Waals surface area contributed by atoms with E-state index in [9.17, 15) is 9.59 Å². The zero-order valence-corrected chi connectivity index (χ0v) is 12.7. The lowest BCUT2D eigenvalue weighted by Crippen LogP contribution is -2.34. The maximum atomic E-state index is 12.4. The molecule has 6 nitrogen and oxygen atoms in total. The van der Waals surface area contributed by atoms with Crippen molar-refractivity contribution in [2.24, 2.45) is 0 Å². The average molecular weight is 311 g/mol. The number of anilines is 1. The summed E-state index contributed by atoms with van der Waals surface area (Å²) in [6.07, 6.45) is 4.52. The summed E-state index contributed by atoms with van der Waals surface area (Å²) in [4.78, 5) is 27.7. The lowest BCUT2D eigenvalue weighted by atomic mass is 10.0. The summed E-state index contributed by atoms with van der Waals surface area (Å²) in [7, 11) is 0. The topological polar surface area (TPSA) is 84.2 Å². The first kappa shape index (κ1) is 15.0. The fourth-order valence-corrected chi connectivity index (χ4v) is 2.71. The zero-order chi connectivity index (χ0) is 16.4. The van der Waals surface area contributed by atoms with Crippen molar-refractivity contribution in [3.05, 3.63) is 64.5 Å². The predicted molar refractivity (Wildman–Crippen MR) is 87.4 cm³/mol. The van der Waals surface area contributed by atoms with Crippen molar-refractivity contribution in [2.45, 2.75) is 25.8 Å². The molecule has 2 N–H and O–H groups in total. The number of nitrogens with zero attached hydrogens (tertiary/aromatic N) is 2. The number of aromatic nitrogens is 2. The van der Waals surface area contributed by atoms with Crippen LogP contribution in [0, 0.1) is 0 Å². The van der Waals surface area contributed by atoms with E-state index in [0.29, 0.717) is 5.82 Å². The molecule has 2 heterocycles. The Morgan fingerprint density at radius 1 is 1.39 bits per heavy atom. The molecule has 0 aliphatic carbocycles. The highest BCUT2D eigenvalue weighted by Gasteiger charge is 2.25. The van der Waals surface area contributed by atoms with Crippen LogP contribution in [0.5, 0.6) is 0 Å². The van der Waals surface area contributed by atoms with Crippen molar-refractivity contribution in [2.75, 3.05) is 5.32 Å². The average Bonchev–Trinajstić information content (AvgIpc) is 2.55. The summed E-state index contributed by atoms with van der Waals surface area (Å²) in [6, 6.07) is 9.61. The van der Waals surface area contributed by atoms with Crippen LogP contribution in [0.15, 0.2) is 47.5 Å². The molecule has 1 atom stereocenters. The second kappa shape index (κ2) is 6.08. The molecule has 0 amide bonds. The fraction of sp³-hybridized carbons (Fsp3) is 0.235. The SMILES string of the molecule is CC1CCC(=CNc2ccccc2)c2ncc(C(=O)O)c(=O)n21. The Balaban J connectivity index is 2.01. The second-order valence-corrected chi connectivity index (χ2v) is 5.54. The number of fused-ring (bicyclic) bond motifs is 1. The summed E-state index contributed by atoms with van der Waals surface area (Å²) in [5.74, 6) is -0.717. The van der Waals surface area contributed by atoms with Gasteiger partial charge in [-0.05, 0) is 31.9 Å². The van der Waals surface area contributed by atoms with E-state index >= 15 is 0 Å². The number of carboxylic acids is 1. The molecule has 0 fully saturated rings. The van der Waals surface area contributed by atoms with Gasteiger partial charge in [-0.15, -0.1) is 0 Å². The molecule has 0 saturated carbocycles. The van der Waals surface area contributed by atoms with Crippen LogP contribution in [0.1, 0.15) is 42.0 Å². The van der Waals surface area contributed by atoms with Crippen LogP contribution in [-0.4, -0.2) is 20.6 Å². The Labute approximate surface area is 133 Å². The van der Waals surface area contributed by atoms with Gasteiger partial charge in [0.15, 0.2) is 0 Å². The Morgan fingerprint density at radius 3 is 2.83 bits per heavy atom. The van der Waals surface area contributed by atoms with Gasteiger partial charge in [0.25, 0.3) is 5.56 Å². The van der Waals surface area contributed by atoms with Crippen LogP contribution < -0.4 is 10.9 Å². The van der Waals surface area contributed by atoms with Gasteiger partial charge in [0, 0.05) is 29.7 Å². The summed E-state index contributed by atoms with van der Waals surface area (Å²) in [6.45, 7) is 1.90. The normalized spacial score (nSPS) is 18.5. The first-order valence-corrected chi connectivity index (χ1v) is 7.43. The maximum absolute atomic E-state index is 12.4. The van der Waals surface area contributed by atoms with E-state index in [1.807, 2.05) is 43.5 Å². The van der Waals surface area contributed by atoms with Gasteiger partial charge >= 0.3 is 5.97 Å². The first-order valence-electron chi connectivity index (χ1n) is 7.43. The number of benzene rings is 1. The molecule has 1 aliphatic rings. The smallest absolute Gasteiger partial charge is 0.342 e. The number of para-hydroxylation sites is 1. The molecular formula is C17H17N3O3. The third kappa shape index (κ3) is 2.88. The predicted octanol–water partition coefficient (Wildman–Crippen LogP) is 2.75. The largest absolute Gasteiger partial charge is 0.477 e. The van der Waals surface area contributed by atoms with Crippen LogP contribution >= 0.6 is 0 Å². The minimum absolute atomic E-state index is 0.0711. The second-order valence-electron chi connectivity index (χ2n) is 5.54. The molecule has 3 rings (SSSR count). The highest BCUT2D eigenvalue weighted by atomic mass is 16.4. The molecule has 0 saturated heterocycles. The van der Waals surface area contributed by atoms with Crippen LogP contribution in [0.2, 0.25) is 0 Å². The van der Waals surface area contributed by atoms with Gasteiger partial charge in [-0.3, -0.25) is 9.36 Å². The number of aromatic carboxylic acids is 1. The number of allylic oxidation sites excluding steroid dienone is 1. The summed E-state index contributed by atoms with van der Waals surface area (Å²) >= 11 is 0. The van der Waals surface area contributed by atoms with Crippen molar-refractivity contribution in [1.82, 2.24) is 9.55 Å². The molecule has 23 heavy (non-hydrogen) atoms. The Kier molecular flexibility index (Phi) is 3.97. The van der Waals surface area contributed by atoms with E-state index in [1.54, 1.807) is 0 Å². The Bertz CT molecular complexity index is 825. The molecule has 0 radical (unpaired) electrons. The first-order chi connectivity index (χ1) is 11.1. The lowest BCUT2D eigenvalue weighted by molar-refractivity contribution is 0.0693. The highest BCUT2D eigenvalue weighted by molar-refractivity contribution is 5.87. The molecule has 1 aromatic heterocycles. The Hall–Kier alpha value is -2.89. The summed E-state index contributed by atoms with van der Waals surface area (Å²) < 4.78 is 1.48. The van der Waals surface area contributed by atoms with E-state index in [0.717, 1.165) is 30.3 Å². The monoisotopic (exact) mass is 311 g/mol. The van der Waals surface area contributed by atoms with Gasteiger partial charge in [-0.1, -0.05) is 18.2 Å². The van der Waals surface area contributed by atoms with E-state index in [4.69, 9.17) is 5.11 Å². The molecule has 2 aromatic rings. The Morgan fingerprint density at radius 2 is 2.13 bits per heavy atom. The third-order valence-electron chi connectivity index (χ3n) is 3.97. The van der Waals surface area contributed by atoms with Crippen molar-refractivity contribution in [1.29, 1.82) is 0 Å². The molecule has 118 valence electrons.